The van der Waals surface area contributed by atoms with Crippen molar-refractivity contribution in [1.82, 2.24) is 0 Å². The highest BCUT2D eigenvalue weighted by Gasteiger charge is 2.17. The Balaban J connectivity index is 2.65. The normalized spacial score (nSPS) is 10.3. The van der Waals surface area contributed by atoms with Gasteiger partial charge in [-0.25, -0.2) is 9.18 Å². The number of carboxylic acids is 1. The lowest BCUT2D eigenvalue weighted by atomic mass is 9.99. The molecule has 19 heavy (non-hydrogen) atoms. The minimum absolute atomic E-state index is 0.280. The van der Waals surface area contributed by atoms with Crippen LogP contribution in [0.3, 0.4) is 0 Å². The summed E-state index contributed by atoms with van der Waals surface area (Å²) in [5, 5.41) is 9.49. The van der Waals surface area contributed by atoms with E-state index in [0.717, 1.165) is 6.07 Å². The Morgan fingerprint density at radius 3 is 2.68 bits per heavy atom. The second-order valence-corrected chi connectivity index (χ2v) is 4.22. The lowest BCUT2D eigenvalue weighted by molar-refractivity contribution is 0.0693. The lowest BCUT2D eigenvalue weighted by Gasteiger charge is -2.10. The molecule has 2 aromatic rings. The van der Waals surface area contributed by atoms with Crippen LogP contribution in [-0.2, 0) is 0 Å². The molecule has 0 unspecified atom stereocenters. The van der Waals surface area contributed by atoms with Gasteiger partial charge in [0.2, 0.25) is 0 Å². The van der Waals surface area contributed by atoms with Crippen LogP contribution in [0, 0.1) is 5.82 Å². The van der Waals surface area contributed by atoms with Crippen LogP contribution in [0.25, 0.3) is 11.1 Å². The fourth-order valence-electron chi connectivity index (χ4n) is 1.81. The Morgan fingerprint density at radius 1 is 1.32 bits per heavy atom. The Morgan fingerprint density at radius 2 is 2.05 bits per heavy atom. The molecule has 5 heteroatoms. The summed E-state index contributed by atoms with van der Waals surface area (Å²) in [7, 11) is 1.45. The SMILES string of the molecule is COc1cc(-c2cccc(F)c2C(=O)O)ccc1Cl. The van der Waals surface area contributed by atoms with Crippen molar-refractivity contribution in [2.45, 2.75) is 0 Å². The smallest absolute Gasteiger partial charge is 0.339 e. The molecule has 0 radical (unpaired) electrons. The maximum Gasteiger partial charge on any atom is 0.339 e. The number of ether oxygens (including phenoxy) is 1. The molecule has 0 atom stereocenters. The third kappa shape index (κ3) is 2.53. The van der Waals surface area contributed by atoms with E-state index in [1.807, 2.05) is 0 Å². The molecule has 0 bridgehead atoms. The molecule has 0 spiro atoms. The van der Waals surface area contributed by atoms with Crippen LogP contribution in [0.2, 0.25) is 5.02 Å². The van der Waals surface area contributed by atoms with E-state index in [9.17, 15) is 9.18 Å². The predicted octanol–water partition coefficient (Wildman–Crippen LogP) is 3.85. The van der Waals surface area contributed by atoms with Gasteiger partial charge in [-0.05, 0) is 29.3 Å². The highest BCUT2D eigenvalue weighted by atomic mass is 35.5. The van der Waals surface area contributed by atoms with Crippen molar-refractivity contribution in [3.05, 3.63) is 52.8 Å². The van der Waals surface area contributed by atoms with Crippen molar-refractivity contribution in [3.63, 3.8) is 0 Å². The molecule has 0 fully saturated rings. The molecule has 0 saturated heterocycles. The van der Waals surface area contributed by atoms with Crippen LogP contribution in [0.1, 0.15) is 10.4 Å². The van der Waals surface area contributed by atoms with Gasteiger partial charge in [-0.1, -0.05) is 29.8 Å². The molecule has 0 saturated carbocycles. The van der Waals surface area contributed by atoms with Gasteiger partial charge in [0, 0.05) is 0 Å². The molecule has 2 rings (SSSR count). The van der Waals surface area contributed by atoms with Gasteiger partial charge in [0.1, 0.15) is 17.1 Å². The van der Waals surface area contributed by atoms with Crippen LogP contribution in [0.5, 0.6) is 5.75 Å². The summed E-state index contributed by atoms with van der Waals surface area (Å²) in [6.07, 6.45) is 0. The van der Waals surface area contributed by atoms with E-state index in [1.54, 1.807) is 18.2 Å². The highest BCUT2D eigenvalue weighted by Crippen LogP contribution is 2.32. The third-order valence-electron chi connectivity index (χ3n) is 2.69. The van der Waals surface area contributed by atoms with E-state index < -0.39 is 11.8 Å². The summed E-state index contributed by atoms with van der Waals surface area (Å²) in [6.45, 7) is 0. The van der Waals surface area contributed by atoms with Gasteiger partial charge in [-0.15, -0.1) is 0 Å². The average Bonchev–Trinajstić information content (AvgIpc) is 2.38. The number of methoxy groups -OCH3 is 1. The van der Waals surface area contributed by atoms with Crippen LogP contribution in [-0.4, -0.2) is 18.2 Å². The number of hydrogen-bond donors (Lipinski definition) is 1. The van der Waals surface area contributed by atoms with Crippen LogP contribution >= 0.6 is 11.6 Å². The number of carbonyl (C=O) groups is 1. The minimum Gasteiger partial charge on any atom is -0.495 e. The van der Waals surface area contributed by atoms with Crippen molar-refractivity contribution >= 4 is 17.6 Å². The first-order valence-corrected chi connectivity index (χ1v) is 5.78. The molecule has 0 amide bonds. The van der Waals surface area contributed by atoms with Gasteiger partial charge in [0.15, 0.2) is 0 Å². The summed E-state index contributed by atoms with van der Waals surface area (Å²) >= 11 is 5.90. The molecule has 0 aromatic heterocycles. The molecule has 1 N–H and O–H groups in total. The quantitative estimate of drug-likeness (QED) is 0.929. The van der Waals surface area contributed by atoms with Gasteiger partial charge in [-0.2, -0.15) is 0 Å². The molecule has 0 aliphatic rings. The first kappa shape index (κ1) is 13.4. The lowest BCUT2D eigenvalue weighted by Crippen LogP contribution is -2.03. The number of aromatic carboxylic acids is 1. The second kappa shape index (κ2) is 5.28. The third-order valence-corrected chi connectivity index (χ3v) is 3.00. The number of rotatable bonds is 3. The van der Waals surface area contributed by atoms with Crippen LogP contribution < -0.4 is 4.74 Å². The average molecular weight is 281 g/mol. The maximum absolute atomic E-state index is 13.6. The van der Waals surface area contributed by atoms with E-state index in [0.29, 0.717) is 16.3 Å². The van der Waals surface area contributed by atoms with Gasteiger partial charge >= 0.3 is 5.97 Å². The first-order valence-electron chi connectivity index (χ1n) is 5.40. The zero-order valence-corrected chi connectivity index (χ0v) is 10.7. The molecule has 2 aromatic carbocycles. The molecule has 3 nitrogen and oxygen atoms in total. The summed E-state index contributed by atoms with van der Waals surface area (Å²) in [5.74, 6) is -1.69. The molecule has 0 aliphatic carbocycles. The van der Waals surface area contributed by atoms with E-state index in [-0.39, 0.29) is 11.1 Å². The van der Waals surface area contributed by atoms with Crippen molar-refractivity contribution in [1.29, 1.82) is 0 Å². The van der Waals surface area contributed by atoms with E-state index in [1.165, 1.54) is 19.2 Å². The van der Waals surface area contributed by atoms with Gasteiger partial charge < -0.3 is 9.84 Å². The zero-order chi connectivity index (χ0) is 14.0. The van der Waals surface area contributed by atoms with Crippen molar-refractivity contribution in [2.24, 2.45) is 0 Å². The minimum atomic E-state index is -1.32. The first-order chi connectivity index (χ1) is 9.04. The summed E-state index contributed by atoms with van der Waals surface area (Å²) in [6, 6.07) is 8.87. The Kier molecular flexibility index (Phi) is 3.71. The molecule has 98 valence electrons. The largest absolute Gasteiger partial charge is 0.495 e. The highest BCUT2D eigenvalue weighted by molar-refractivity contribution is 6.32. The van der Waals surface area contributed by atoms with E-state index in [4.69, 9.17) is 21.4 Å². The number of benzene rings is 2. The summed E-state index contributed by atoms with van der Waals surface area (Å²) in [4.78, 5) is 11.1. The fraction of sp³-hybridized carbons (Fsp3) is 0.0714. The Hall–Kier alpha value is -2.07. The van der Waals surface area contributed by atoms with E-state index >= 15 is 0 Å². The van der Waals surface area contributed by atoms with E-state index in [2.05, 4.69) is 0 Å². The summed E-state index contributed by atoms with van der Waals surface area (Å²) < 4.78 is 18.7. The maximum atomic E-state index is 13.6. The van der Waals surface area contributed by atoms with Crippen LogP contribution in [0.4, 0.5) is 4.39 Å². The van der Waals surface area contributed by atoms with Gasteiger partial charge in [-0.3, -0.25) is 0 Å². The monoisotopic (exact) mass is 280 g/mol. The predicted molar refractivity (Wildman–Crippen MR) is 70.4 cm³/mol. The fourth-order valence-corrected chi connectivity index (χ4v) is 2.00. The molecule has 0 heterocycles. The molecular formula is C14H10ClFO3. The number of hydrogen-bond acceptors (Lipinski definition) is 2. The van der Waals surface area contributed by atoms with Gasteiger partial charge in [0.05, 0.1) is 12.1 Å². The molecular weight excluding hydrogens is 271 g/mol. The van der Waals surface area contributed by atoms with Crippen molar-refractivity contribution < 1.29 is 19.0 Å². The van der Waals surface area contributed by atoms with Crippen LogP contribution in [0.15, 0.2) is 36.4 Å². The number of halogens is 2. The van der Waals surface area contributed by atoms with Crippen molar-refractivity contribution in [3.8, 4) is 16.9 Å². The van der Waals surface area contributed by atoms with Gasteiger partial charge in [0.25, 0.3) is 0 Å². The second-order valence-electron chi connectivity index (χ2n) is 3.82. The summed E-state index contributed by atoms with van der Waals surface area (Å²) in [5.41, 5.74) is 0.437. The van der Waals surface area contributed by atoms with Crippen molar-refractivity contribution in [2.75, 3.05) is 7.11 Å². The Bertz CT molecular complexity index is 641. The molecule has 0 aliphatic heterocycles. The zero-order valence-electron chi connectivity index (χ0n) is 9.98. The topological polar surface area (TPSA) is 46.5 Å². The number of carboxylic acid groups (broad SMARTS) is 1. The Labute approximate surface area is 114 Å². The standard InChI is InChI=1S/C14H10ClFO3/c1-19-12-7-8(5-6-10(12)15)9-3-2-4-11(16)13(9)14(17)18/h2-7H,1H3,(H,17,18).